The first-order chi connectivity index (χ1) is 13.1. The van der Waals surface area contributed by atoms with Crippen molar-refractivity contribution in [1.82, 2.24) is 10.6 Å². The second-order valence-electron chi connectivity index (χ2n) is 5.06. The summed E-state index contributed by atoms with van der Waals surface area (Å²) in [5.41, 5.74) is 0. The Morgan fingerprint density at radius 3 is 1.57 bits per heavy atom. The molecule has 0 rings (SSSR count). The molecule has 5 N–H and O–H groups in total. The molecule has 162 valence electrons. The first-order valence-electron chi connectivity index (χ1n) is 7.91. The van der Waals surface area contributed by atoms with Crippen molar-refractivity contribution in [3.63, 3.8) is 0 Å². The first kappa shape index (κ1) is 29.9. The molecule has 0 aliphatic carbocycles. The summed E-state index contributed by atoms with van der Waals surface area (Å²) in [6.45, 7) is 0. The molecule has 0 heterocycles. The van der Waals surface area contributed by atoms with Crippen molar-refractivity contribution in [2.24, 2.45) is 0 Å². The Morgan fingerprint density at radius 1 is 0.821 bits per heavy atom. The number of carboxylic acid groups (broad SMARTS) is 3. The van der Waals surface area contributed by atoms with Gasteiger partial charge in [-0.05, 0) is 12.8 Å². The standard InChI is InChI=1S/C10H16N2O7S.C4H10S3.Tc/c13-7(14)2-1-5(8(15)16)11-10(19)12-6(3-4-20)9(17)18;5-1-3-7-4-2-6;/h5-6,20H,1-4H2,(H,13,14)(H,15,16)(H,17,18)(H2,11,12,19);5-6H,1-4H2;/q;;+3/p-3/t5-,6-;;/m0../s1. The van der Waals surface area contributed by atoms with Crippen LogP contribution in [0.1, 0.15) is 19.3 Å². The summed E-state index contributed by atoms with van der Waals surface area (Å²) in [7, 11) is 0.492. The zero-order valence-corrected chi connectivity index (χ0v) is 19.9. The molecular weight excluding hydrogens is 534 g/mol. The van der Waals surface area contributed by atoms with Crippen LogP contribution in [0.15, 0.2) is 0 Å². The zero-order valence-electron chi connectivity index (χ0n) is 14.8. The van der Waals surface area contributed by atoms with Gasteiger partial charge in [0.2, 0.25) is 0 Å². The topological polar surface area (TPSA) is 153 Å². The van der Waals surface area contributed by atoms with Crippen LogP contribution in [0.5, 0.6) is 0 Å². The van der Waals surface area contributed by atoms with Gasteiger partial charge in [0, 0.05) is 6.42 Å². The summed E-state index contributed by atoms with van der Waals surface area (Å²) in [6, 6.07) is -3.64. The Morgan fingerprint density at radius 2 is 1.25 bits per heavy atom. The van der Waals surface area contributed by atoms with E-state index in [0.29, 0.717) is 8.26 Å². The monoisotopic (exact) mass is 556 g/mol. The SMILES string of the molecule is O=C(O)CC[C@H](NC(=O)N[C@@H](CC[S-])C(=O)O)C(=O)O.[S-]CC[S](=[Tc+3])CC[S-]. The first-order valence-corrected chi connectivity index (χ1v) is 13.4. The molecule has 0 saturated carbocycles. The number of hydrogen-bond acceptors (Lipinski definition) is 7. The van der Waals surface area contributed by atoms with Crippen molar-refractivity contribution < 1.29 is 51.6 Å². The molecule has 0 aromatic heterocycles. The van der Waals surface area contributed by atoms with E-state index in [0.717, 1.165) is 11.5 Å². The summed E-state index contributed by atoms with van der Waals surface area (Å²) < 4.78 is 0. The van der Waals surface area contributed by atoms with Crippen molar-refractivity contribution in [2.75, 3.05) is 28.8 Å². The Kier molecular flexibility index (Phi) is 20.0. The van der Waals surface area contributed by atoms with Crippen molar-refractivity contribution >= 4 is 70.1 Å². The average Bonchev–Trinajstić information content (AvgIpc) is 2.58. The third-order valence-corrected chi connectivity index (χ3v) is 7.60. The number of amides is 2. The molecule has 0 bridgehead atoms. The van der Waals surface area contributed by atoms with Gasteiger partial charge in [0.25, 0.3) is 0 Å². The molecule has 0 aliphatic rings. The molecule has 0 aromatic rings. The second-order valence-corrected chi connectivity index (χ2v) is 11.2. The maximum atomic E-state index is 11.5. The number of hydrogen-bond donors (Lipinski definition) is 5. The average molecular weight is 558 g/mol. The molecule has 9 nitrogen and oxygen atoms in total. The molecule has 0 spiro atoms. The zero-order chi connectivity index (χ0) is 22.1. The normalized spacial score (nSPS) is 12.2. The molecular formula is C14H23N2O7S4Tc. The minimum absolute atomic E-state index is 0.0188. The molecule has 14 heteroatoms. The summed E-state index contributed by atoms with van der Waals surface area (Å²) >= 11 is 16.7. The Bertz CT molecular complexity index is 532. The van der Waals surface area contributed by atoms with Crippen LogP contribution in [0.3, 0.4) is 0 Å². The van der Waals surface area contributed by atoms with Crippen molar-refractivity contribution in [3.05, 3.63) is 0 Å². The van der Waals surface area contributed by atoms with E-state index in [1.807, 2.05) is 5.32 Å². The van der Waals surface area contributed by atoms with Crippen LogP contribution < -0.4 is 10.6 Å². The van der Waals surface area contributed by atoms with Crippen molar-refractivity contribution in [3.8, 4) is 0 Å². The van der Waals surface area contributed by atoms with Gasteiger partial charge < -0.3 is 38.6 Å². The predicted octanol–water partition coefficient (Wildman–Crippen LogP) is -0.195. The van der Waals surface area contributed by atoms with Gasteiger partial charge in [0.15, 0.2) is 0 Å². The third kappa shape index (κ3) is 17.8. The fraction of sp³-hybridized carbons (Fsp3) is 0.714. The van der Waals surface area contributed by atoms with E-state index in [1.165, 1.54) is 11.5 Å². The number of aliphatic carboxylic acids is 3. The fourth-order valence-electron chi connectivity index (χ4n) is 1.54. The van der Waals surface area contributed by atoms with Crippen LogP contribution in [0.2, 0.25) is 0 Å². The van der Waals surface area contributed by atoms with Gasteiger partial charge in [-0.15, -0.1) is 0 Å². The fourth-order valence-corrected chi connectivity index (χ4v) is 6.22. The minimum atomic E-state index is -1.41. The molecule has 0 unspecified atom stereocenters. The van der Waals surface area contributed by atoms with E-state index >= 15 is 0 Å². The van der Waals surface area contributed by atoms with Crippen LogP contribution in [-0.2, 0) is 69.4 Å². The molecule has 2 atom stereocenters. The summed E-state index contributed by atoms with van der Waals surface area (Å²) in [5.74, 6) is 0.340. The molecule has 0 fully saturated rings. The number of carbonyl (C=O) groups excluding carboxylic acids is 1. The summed E-state index contributed by atoms with van der Waals surface area (Å²) in [5, 5.41) is 30.1. The predicted molar refractivity (Wildman–Crippen MR) is 110 cm³/mol. The van der Waals surface area contributed by atoms with Crippen LogP contribution in [0.4, 0.5) is 4.79 Å². The van der Waals surface area contributed by atoms with E-state index in [2.05, 4.69) is 35.1 Å². The molecule has 2 amide bonds. The molecule has 0 aliphatic heterocycles. The molecule has 28 heavy (non-hydrogen) atoms. The number of urea groups is 1. The van der Waals surface area contributed by atoms with Crippen LogP contribution in [0.25, 0.3) is 0 Å². The Balaban J connectivity index is 0. The quantitative estimate of drug-likeness (QED) is 0.193. The number of carboxylic acids is 3. The van der Waals surface area contributed by atoms with E-state index in [9.17, 15) is 19.2 Å². The summed E-state index contributed by atoms with van der Waals surface area (Å²) in [4.78, 5) is 43.4. The molecule has 0 aromatic carbocycles. The van der Waals surface area contributed by atoms with Crippen molar-refractivity contribution in [2.45, 2.75) is 31.3 Å². The Labute approximate surface area is 191 Å². The number of carbonyl (C=O) groups is 4. The number of nitrogens with one attached hydrogen (secondary N) is 2. The van der Waals surface area contributed by atoms with E-state index in [4.69, 9.17) is 40.6 Å². The van der Waals surface area contributed by atoms with Crippen LogP contribution in [-0.4, -0.2) is 80.1 Å². The second kappa shape index (κ2) is 18.7. The molecule has 0 radical (unpaired) electrons. The third-order valence-electron chi connectivity index (χ3n) is 2.87. The van der Waals surface area contributed by atoms with Gasteiger partial charge in [-0.3, -0.25) is 4.79 Å². The van der Waals surface area contributed by atoms with E-state index in [-0.39, 0.29) is 18.6 Å². The molecule has 0 saturated heterocycles. The van der Waals surface area contributed by atoms with Crippen LogP contribution >= 0.6 is 8.26 Å². The maximum absolute atomic E-state index is 11.5. The van der Waals surface area contributed by atoms with Crippen LogP contribution in [0, 0.1) is 0 Å². The van der Waals surface area contributed by atoms with Gasteiger partial charge in [0.05, 0.1) is 0 Å². The van der Waals surface area contributed by atoms with E-state index < -0.39 is 42.4 Å². The van der Waals surface area contributed by atoms with Crippen molar-refractivity contribution in [1.29, 1.82) is 0 Å². The Hall–Kier alpha value is -0.271. The number of rotatable bonds is 13. The van der Waals surface area contributed by atoms with E-state index in [1.54, 1.807) is 0 Å². The van der Waals surface area contributed by atoms with Gasteiger partial charge in [-0.1, -0.05) is 0 Å². The summed E-state index contributed by atoms with van der Waals surface area (Å²) in [6.07, 6.45) is -0.729. The van der Waals surface area contributed by atoms with Gasteiger partial charge in [-0.25, -0.2) is 14.4 Å². The van der Waals surface area contributed by atoms with Gasteiger partial charge in [-0.2, -0.15) is 5.75 Å². The van der Waals surface area contributed by atoms with Gasteiger partial charge >= 0.3 is 97.6 Å². The van der Waals surface area contributed by atoms with Gasteiger partial charge in [0.1, 0.15) is 12.1 Å².